The summed E-state index contributed by atoms with van der Waals surface area (Å²) >= 11 is 0. The van der Waals surface area contributed by atoms with E-state index in [0.717, 1.165) is 19.5 Å². The highest BCUT2D eigenvalue weighted by atomic mass is 19.1. The average molecular weight is 158 g/mol. The van der Waals surface area contributed by atoms with E-state index in [2.05, 4.69) is 17.1 Å². The minimum absolute atomic E-state index is 0.473. The van der Waals surface area contributed by atoms with Crippen LogP contribution >= 0.6 is 0 Å². The van der Waals surface area contributed by atoms with Crippen LogP contribution in [0.2, 0.25) is 0 Å². The lowest BCUT2D eigenvalue weighted by atomic mass is 10.1. The molecule has 0 bridgehead atoms. The zero-order valence-corrected chi connectivity index (χ0v) is 6.89. The van der Waals surface area contributed by atoms with Gasteiger partial charge in [0.25, 0.3) is 0 Å². The number of piperazine rings is 1. The molecule has 0 aliphatic carbocycles. The van der Waals surface area contributed by atoms with Crippen LogP contribution in [0.4, 0.5) is 4.39 Å². The van der Waals surface area contributed by atoms with Gasteiger partial charge in [0.15, 0.2) is 0 Å². The number of alkyl halides is 1. The number of nitrogens with one attached hydrogen (secondary N) is 1. The molecule has 3 unspecified atom stereocenters. The standard InChI is InChI=1S/C8H15FN2/c1-6-4-11-5-7(9)2-8(11)3-10-6/h6-8,10H,2-5H2,1H3. The number of fused-ring (bicyclic) bond motifs is 1. The first-order valence-electron chi connectivity index (χ1n) is 4.37. The van der Waals surface area contributed by atoms with Crippen LogP contribution in [0, 0.1) is 0 Å². The molecule has 2 rings (SSSR count). The van der Waals surface area contributed by atoms with E-state index in [4.69, 9.17) is 0 Å². The maximum atomic E-state index is 12.9. The second-order valence-electron chi connectivity index (χ2n) is 3.75. The Bertz CT molecular complexity index is 151. The molecule has 2 nitrogen and oxygen atoms in total. The summed E-state index contributed by atoms with van der Waals surface area (Å²) in [5.74, 6) is 0. The van der Waals surface area contributed by atoms with E-state index in [9.17, 15) is 4.39 Å². The van der Waals surface area contributed by atoms with E-state index in [0.29, 0.717) is 18.6 Å². The zero-order chi connectivity index (χ0) is 7.84. The van der Waals surface area contributed by atoms with Gasteiger partial charge in [-0.3, -0.25) is 4.90 Å². The lowest BCUT2D eigenvalue weighted by Crippen LogP contribution is -2.52. The molecule has 11 heavy (non-hydrogen) atoms. The molecule has 0 saturated carbocycles. The van der Waals surface area contributed by atoms with Crippen molar-refractivity contribution >= 4 is 0 Å². The molecule has 2 heterocycles. The number of halogens is 1. The number of hydrogen-bond acceptors (Lipinski definition) is 2. The molecule has 64 valence electrons. The minimum Gasteiger partial charge on any atom is -0.311 e. The Labute approximate surface area is 66.8 Å². The lowest BCUT2D eigenvalue weighted by Gasteiger charge is -2.33. The Morgan fingerprint density at radius 3 is 3.09 bits per heavy atom. The summed E-state index contributed by atoms with van der Waals surface area (Å²) in [4.78, 5) is 2.27. The average Bonchev–Trinajstić information content (AvgIpc) is 2.27. The van der Waals surface area contributed by atoms with Crippen LogP contribution in [-0.4, -0.2) is 42.8 Å². The molecule has 2 saturated heterocycles. The molecule has 2 aliphatic rings. The van der Waals surface area contributed by atoms with E-state index in [1.807, 2.05) is 0 Å². The van der Waals surface area contributed by atoms with Crippen LogP contribution in [-0.2, 0) is 0 Å². The molecule has 0 amide bonds. The summed E-state index contributed by atoms with van der Waals surface area (Å²) in [6, 6.07) is 1.01. The molecule has 3 atom stereocenters. The summed E-state index contributed by atoms with van der Waals surface area (Å²) in [6.07, 6.45) is 0.159. The Morgan fingerprint density at radius 2 is 2.27 bits per heavy atom. The van der Waals surface area contributed by atoms with Gasteiger partial charge in [0, 0.05) is 31.7 Å². The Hall–Kier alpha value is -0.150. The van der Waals surface area contributed by atoms with Gasteiger partial charge in [-0.05, 0) is 13.3 Å². The summed E-state index contributed by atoms with van der Waals surface area (Å²) in [7, 11) is 0. The highest BCUT2D eigenvalue weighted by Crippen LogP contribution is 2.22. The first kappa shape index (κ1) is 7.50. The van der Waals surface area contributed by atoms with Gasteiger partial charge in [-0.25, -0.2) is 4.39 Å². The Kier molecular flexibility index (Phi) is 1.85. The topological polar surface area (TPSA) is 15.3 Å². The highest BCUT2D eigenvalue weighted by molar-refractivity contribution is 4.92. The third-order valence-electron chi connectivity index (χ3n) is 2.69. The molecule has 0 aromatic heterocycles. The maximum Gasteiger partial charge on any atom is 0.114 e. The largest absolute Gasteiger partial charge is 0.311 e. The Morgan fingerprint density at radius 1 is 1.45 bits per heavy atom. The highest BCUT2D eigenvalue weighted by Gasteiger charge is 2.35. The van der Waals surface area contributed by atoms with Crippen LogP contribution in [0.1, 0.15) is 13.3 Å². The molecule has 2 fully saturated rings. The van der Waals surface area contributed by atoms with Crippen LogP contribution in [0.15, 0.2) is 0 Å². The van der Waals surface area contributed by atoms with Crippen molar-refractivity contribution in [3.8, 4) is 0 Å². The monoisotopic (exact) mass is 158 g/mol. The van der Waals surface area contributed by atoms with Gasteiger partial charge in [0.05, 0.1) is 0 Å². The van der Waals surface area contributed by atoms with Crippen molar-refractivity contribution in [1.82, 2.24) is 10.2 Å². The number of rotatable bonds is 0. The van der Waals surface area contributed by atoms with Gasteiger partial charge in [-0.1, -0.05) is 0 Å². The van der Waals surface area contributed by atoms with E-state index in [-0.39, 0.29) is 0 Å². The van der Waals surface area contributed by atoms with Gasteiger partial charge in [0.1, 0.15) is 6.17 Å². The summed E-state index contributed by atoms with van der Waals surface area (Å²) in [5, 5.41) is 3.37. The predicted molar refractivity (Wildman–Crippen MR) is 42.3 cm³/mol. The van der Waals surface area contributed by atoms with E-state index >= 15 is 0 Å². The van der Waals surface area contributed by atoms with E-state index in [1.165, 1.54) is 0 Å². The van der Waals surface area contributed by atoms with Crippen LogP contribution < -0.4 is 5.32 Å². The molecule has 0 radical (unpaired) electrons. The second kappa shape index (κ2) is 2.72. The summed E-state index contributed by atoms with van der Waals surface area (Å²) in [5.41, 5.74) is 0. The van der Waals surface area contributed by atoms with Crippen molar-refractivity contribution < 1.29 is 4.39 Å². The van der Waals surface area contributed by atoms with Crippen molar-refractivity contribution in [2.45, 2.75) is 31.6 Å². The van der Waals surface area contributed by atoms with E-state index < -0.39 is 6.17 Å². The molecular formula is C8H15FN2. The van der Waals surface area contributed by atoms with Crippen LogP contribution in [0.25, 0.3) is 0 Å². The van der Waals surface area contributed by atoms with Crippen LogP contribution in [0.3, 0.4) is 0 Å². The molecule has 0 aromatic carbocycles. The van der Waals surface area contributed by atoms with Crippen molar-refractivity contribution in [3.05, 3.63) is 0 Å². The van der Waals surface area contributed by atoms with Gasteiger partial charge in [0.2, 0.25) is 0 Å². The minimum atomic E-state index is -0.577. The molecule has 2 aliphatic heterocycles. The molecule has 0 spiro atoms. The van der Waals surface area contributed by atoms with Crippen molar-refractivity contribution in [3.63, 3.8) is 0 Å². The molecule has 1 N–H and O–H groups in total. The van der Waals surface area contributed by atoms with Gasteiger partial charge < -0.3 is 5.32 Å². The summed E-state index contributed by atoms with van der Waals surface area (Å²) in [6.45, 7) is 4.81. The lowest BCUT2D eigenvalue weighted by molar-refractivity contribution is 0.176. The second-order valence-corrected chi connectivity index (χ2v) is 3.75. The Balaban J connectivity index is 1.97. The molecule has 0 aromatic rings. The third-order valence-corrected chi connectivity index (χ3v) is 2.69. The van der Waals surface area contributed by atoms with Crippen molar-refractivity contribution in [2.24, 2.45) is 0 Å². The smallest absolute Gasteiger partial charge is 0.114 e. The van der Waals surface area contributed by atoms with Gasteiger partial charge in [-0.2, -0.15) is 0 Å². The zero-order valence-electron chi connectivity index (χ0n) is 6.89. The van der Waals surface area contributed by atoms with Crippen molar-refractivity contribution in [2.75, 3.05) is 19.6 Å². The number of nitrogens with zero attached hydrogens (tertiary/aromatic N) is 1. The third kappa shape index (κ3) is 1.40. The van der Waals surface area contributed by atoms with Crippen molar-refractivity contribution in [1.29, 1.82) is 0 Å². The summed E-state index contributed by atoms with van der Waals surface area (Å²) < 4.78 is 12.9. The molecule has 3 heteroatoms. The van der Waals surface area contributed by atoms with Gasteiger partial charge >= 0.3 is 0 Å². The van der Waals surface area contributed by atoms with Crippen LogP contribution in [0.5, 0.6) is 0 Å². The predicted octanol–water partition coefficient (Wildman–Crippen LogP) is 0.390. The van der Waals surface area contributed by atoms with E-state index in [1.54, 1.807) is 0 Å². The first-order chi connectivity index (χ1) is 5.25. The quantitative estimate of drug-likeness (QED) is 0.548. The fourth-order valence-electron chi connectivity index (χ4n) is 2.11. The maximum absolute atomic E-state index is 12.9. The fourth-order valence-corrected chi connectivity index (χ4v) is 2.11. The first-order valence-corrected chi connectivity index (χ1v) is 4.37. The normalized spacial score (nSPS) is 45.8. The van der Waals surface area contributed by atoms with Gasteiger partial charge in [-0.15, -0.1) is 0 Å². The SMILES string of the molecule is CC1CN2CC(F)CC2CN1. The molecular weight excluding hydrogens is 143 g/mol. The fraction of sp³-hybridized carbons (Fsp3) is 1.00. The number of hydrogen-bond donors (Lipinski definition) is 1.